The van der Waals surface area contributed by atoms with Crippen LogP contribution < -0.4 is 20.7 Å². The van der Waals surface area contributed by atoms with Crippen molar-refractivity contribution < 1.29 is 122 Å². The van der Waals surface area contributed by atoms with Gasteiger partial charge in [0.25, 0.3) is 0 Å². The van der Waals surface area contributed by atoms with E-state index in [-0.39, 0.29) is 56.6 Å². The smallest absolute Gasteiger partial charge is 0.335 e. The van der Waals surface area contributed by atoms with Gasteiger partial charge in [-0.15, -0.1) is 0 Å². The summed E-state index contributed by atoms with van der Waals surface area (Å²) in [5.74, 6) is -0.907. The molecule has 3 heterocycles. The molecule has 0 aromatic heterocycles. The van der Waals surface area contributed by atoms with Crippen LogP contribution in [0.15, 0.2) is 48.5 Å². The van der Waals surface area contributed by atoms with Crippen molar-refractivity contribution in [2.45, 2.75) is 253 Å². The molecule has 99 heavy (non-hydrogen) atoms. The molecule has 0 radical (unpaired) electrons. The molecule has 3 amide bonds. The van der Waals surface area contributed by atoms with Crippen LogP contribution in [0.1, 0.15) is 171 Å². The maximum atomic E-state index is 12.4. The molecule has 0 bridgehead atoms. The summed E-state index contributed by atoms with van der Waals surface area (Å²) in [4.78, 5) is 48.2. The van der Waals surface area contributed by atoms with Crippen LogP contribution in [0.25, 0.3) is 11.1 Å². The van der Waals surface area contributed by atoms with Gasteiger partial charge in [-0.3, -0.25) is 14.4 Å². The van der Waals surface area contributed by atoms with Gasteiger partial charge in [0.15, 0.2) is 18.9 Å². The Morgan fingerprint density at radius 1 is 0.424 bits per heavy atom. The number of aliphatic hydroxyl groups is 9. The van der Waals surface area contributed by atoms with Gasteiger partial charge in [0.1, 0.15) is 78.9 Å². The number of amides is 3. The monoisotopic (exact) mass is 1410 g/mol. The summed E-state index contributed by atoms with van der Waals surface area (Å²) in [6.45, 7) is 2.71. The van der Waals surface area contributed by atoms with Crippen LogP contribution in [0.2, 0.25) is 0 Å². The quantitative estimate of drug-likeness (QED) is 0.0420. The first kappa shape index (κ1) is 85.0. The van der Waals surface area contributed by atoms with Crippen molar-refractivity contribution in [2.24, 2.45) is 0 Å². The highest BCUT2D eigenvalue weighted by Crippen LogP contribution is 2.33. The van der Waals surface area contributed by atoms with Crippen LogP contribution in [0.4, 0.5) is 0 Å². The number of carboxylic acids is 1. The number of hydrogen-bond acceptors (Lipinski definition) is 24. The standard InChI is InChI=1S/C71H117N3O25/c1-49(78)74-59-62(83)66(98-71-65(86)67(61(82)55(47-76)96-71)99-70-64(85)63(84)60(81)54(46-75)95-70)56(48-77)97-69(59)94-36-24-33-72-58(80)32-37-89-39-41-91-43-44-92-42-40-90-38-34-73-57(79)27-21-19-17-15-13-11-9-7-5-3-2-4-6-8-10-12-14-16-18-20-22-35-93-53-30-28-50(29-31-53)51-25-23-26-52(45-51)68(87)88/h23,25-26,28-31,45,54-56,59-67,69-71,75-77,81-86H,2-22,24,27,32-44,46-48H2,1H3,(H,72,80)(H,73,79)(H,74,78)(H,87,88)/t54-,55-,56-,59-,60+,61+,62-,63+,64-,65-,66-,67-,69-,70-,71+/m1/s1. The number of carboxylic acid groups (broad SMARTS) is 1. The number of aliphatic hydroxyl groups excluding tert-OH is 9. The summed E-state index contributed by atoms with van der Waals surface area (Å²) < 4.78 is 62.3. The minimum Gasteiger partial charge on any atom is -0.494 e. The third-order valence-electron chi connectivity index (χ3n) is 17.7. The molecule has 566 valence electrons. The number of carbonyl (C=O) groups is 4. The Bertz CT molecular complexity index is 2470. The van der Waals surface area contributed by atoms with E-state index in [4.69, 9.17) is 52.1 Å². The highest BCUT2D eigenvalue weighted by atomic mass is 16.8. The van der Waals surface area contributed by atoms with Crippen molar-refractivity contribution in [1.82, 2.24) is 16.0 Å². The van der Waals surface area contributed by atoms with E-state index in [1.54, 1.807) is 18.2 Å². The summed E-state index contributed by atoms with van der Waals surface area (Å²) in [6.07, 6.45) is 3.95. The molecule has 0 spiro atoms. The fourth-order valence-corrected chi connectivity index (χ4v) is 12.0. The highest BCUT2D eigenvalue weighted by Gasteiger charge is 2.54. The SMILES string of the molecule is CC(=O)N[C@H]1[C@H](OCCCNC(=O)CCOCCOCCOCCOCCNC(=O)CCCCCCCCCCCCCCCCCCCCCCCOc2ccc(-c3cccc(C(=O)O)c3)cc2)O[C@H](CO)[C@@H](O[C@@H]2O[C@H](CO)[C@H](O)[C@@H](O[C@H]3O[C@H](CO)[C@H](O)[C@H](O)[C@H]3O)[C@H]2O)[C@@H]1O. The molecule has 15 atom stereocenters. The second kappa shape index (κ2) is 50.7. The number of carbonyl (C=O) groups excluding carboxylic acids is 3. The Balaban J connectivity index is 0.734. The van der Waals surface area contributed by atoms with Gasteiger partial charge >= 0.3 is 5.97 Å². The maximum Gasteiger partial charge on any atom is 0.335 e. The summed E-state index contributed by atoms with van der Waals surface area (Å²) in [5.41, 5.74) is 2.14. The number of hydrogen-bond donors (Lipinski definition) is 13. The fraction of sp³-hybridized carbons (Fsp3) is 0.775. The lowest BCUT2D eigenvalue weighted by Gasteiger charge is -2.48. The molecule has 3 fully saturated rings. The molecule has 13 N–H and O–H groups in total. The van der Waals surface area contributed by atoms with Crippen molar-refractivity contribution in [1.29, 1.82) is 0 Å². The Morgan fingerprint density at radius 3 is 1.44 bits per heavy atom. The molecule has 0 unspecified atom stereocenters. The zero-order valence-electron chi connectivity index (χ0n) is 58.0. The van der Waals surface area contributed by atoms with Gasteiger partial charge in [0, 0.05) is 32.9 Å². The topological polar surface area (TPSA) is 408 Å². The summed E-state index contributed by atoms with van der Waals surface area (Å²) >= 11 is 0. The zero-order chi connectivity index (χ0) is 71.4. The van der Waals surface area contributed by atoms with Crippen molar-refractivity contribution >= 4 is 23.7 Å². The van der Waals surface area contributed by atoms with Gasteiger partial charge in [-0.1, -0.05) is 146 Å². The third-order valence-corrected chi connectivity index (χ3v) is 17.7. The van der Waals surface area contributed by atoms with E-state index < -0.39 is 124 Å². The van der Waals surface area contributed by atoms with Gasteiger partial charge in [-0.05, 0) is 54.7 Å². The van der Waals surface area contributed by atoms with E-state index >= 15 is 0 Å². The fourth-order valence-electron chi connectivity index (χ4n) is 12.0. The molecule has 0 aliphatic carbocycles. The Kier molecular flexibility index (Phi) is 43.5. The molecule has 2 aromatic carbocycles. The number of ether oxygens (including phenoxy) is 11. The van der Waals surface area contributed by atoms with Crippen LogP contribution in [0.3, 0.4) is 0 Å². The van der Waals surface area contributed by atoms with Crippen LogP contribution >= 0.6 is 0 Å². The van der Waals surface area contributed by atoms with E-state index in [1.165, 1.54) is 122 Å². The first-order chi connectivity index (χ1) is 48.1. The lowest BCUT2D eigenvalue weighted by atomic mass is 9.95. The first-order valence-electron chi connectivity index (χ1n) is 36.0. The van der Waals surface area contributed by atoms with Gasteiger partial charge in [0.2, 0.25) is 17.7 Å². The molecule has 2 aromatic rings. The number of nitrogens with one attached hydrogen (secondary N) is 3. The maximum absolute atomic E-state index is 12.4. The second-order valence-corrected chi connectivity index (χ2v) is 25.6. The van der Waals surface area contributed by atoms with E-state index in [0.29, 0.717) is 59.2 Å². The minimum absolute atomic E-state index is 0.0350. The molecular weight excluding hydrogens is 1290 g/mol. The van der Waals surface area contributed by atoms with E-state index in [2.05, 4.69) is 16.0 Å². The second-order valence-electron chi connectivity index (χ2n) is 25.6. The summed E-state index contributed by atoms with van der Waals surface area (Å²) in [5, 5.41) is 112. The number of aromatic carboxylic acids is 1. The normalized spacial score (nSPS) is 25.5. The Labute approximate surface area is 582 Å². The lowest BCUT2D eigenvalue weighted by molar-refractivity contribution is -0.376. The van der Waals surface area contributed by atoms with Crippen LogP contribution in [0.5, 0.6) is 5.75 Å². The molecule has 3 aliphatic rings. The Hall–Kier alpha value is -4.64. The van der Waals surface area contributed by atoms with Crippen LogP contribution in [0, 0.1) is 0 Å². The minimum atomic E-state index is -1.96. The lowest BCUT2D eigenvalue weighted by Crippen LogP contribution is -2.68. The van der Waals surface area contributed by atoms with Crippen LogP contribution in [-0.4, -0.2) is 266 Å². The van der Waals surface area contributed by atoms with Crippen molar-refractivity contribution in [3.8, 4) is 16.9 Å². The first-order valence-corrected chi connectivity index (χ1v) is 36.0. The molecule has 28 heteroatoms. The van der Waals surface area contributed by atoms with Crippen LogP contribution in [-0.2, 0) is 61.8 Å². The molecule has 28 nitrogen and oxygen atoms in total. The van der Waals surface area contributed by atoms with Crippen molar-refractivity contribution in [3.05, 3.63) is 54.1 Å². The van der Waals surface area contributed by atoms with Gasteiger partial charge in [-0.25, -0.2) is 4.79 Å². The zero-order valence-corrected chi connectivity index (χ0v) is 58.0. The van der Waals surface area contributed by atoms with E-state index in [0.717, 1.165) is 36.1 Å². The summed E-state index contributed by atoms with van der Waals surface area (Å²) in [7, 11) is 0. The molecule has 3 aliphatic heterocycles. The average Bonchev–Trinajstić information content (AvgIpc) is 0.779. The Morgan fingerprint density at radius 2 is 0.899 bits per heavy atom. The predicted octanol–water partition coefficient (Wildman–Crippen LogP) is 3.70. The molecule has 0 saturated carbocycles. The molecule has 5 rings (SSSR count). The van der Waals surface area contributed by atoms with Crippen molar-refractivity contribution in [2.75, 3.05) is 99.0 Å². The van der Waals surface area contributed by atoms with Gasteiger partial charge < -0.3 is 119 Å². The average molecular weight is 1410 g/mol. The third kappa shape index (κ3) is 32.7. The van der Waals surface area contributed by atoms with Gasteiger partial charge in [-0.2, -0.15) is 0 Å². The van der Waals surface area contributed by atoms with Gasteiger partial charge in [0.05, 0.1) is 91.5 Å². The van der Waals surface area contributed by atoms with E-state index in [1.807, 2.05) is 30.3 Å². The largest absolute Gasteiger partial charge is 0.494 e. The summed E-state index contributed by atoms with van der Waals surface area (Å²) in [6, 6.07) is 13.5. The number of benzene rings is 2. The number of rotatable bonds is 55. The highest BCUT2D eigenvalue weighted by molar-refractivity contribution is 5.89. The van der Waals surface area contributed by atoms with E-state index in [9.17, 15) is 70.2 Å². The van der Waals surface area contributed by atoms with Crippen molar-refractivity contribution in [3.63, 3.8) is 0 Å². The molecule has 3 saturated heterocycles. The number of unbranched alkanes of at least 4 members (excludes halogenated alkanes) is 20. The predicted molar refractivity (Wildman–Crippen MR) is 361 cm³/mol. The molecular formula is C71H117N3O25.